The molecule has 0 radical (unpaired) electrons. The number of nitrogens with one attached hydrogen (secondary N) is 3. The lowest BCUT2D eigenvalue weighted by atomic mass is 10.1. The third-order valence-electron chi connectivity index (χ3n) is 9.39. The summed E-state index contributed by atoms with van der Waals surface area (Å²) >= 11 is 0. The molecule has 0 bridgehead atoms. The molecule has 0 atom stereocenters. The minimum absolute atomic E-state index is 0.00403. The monoisotopic (exact) mass is 735 g/mol. The molecule has 6 aromatic heterocycles. The molecule has 0 saturated carbocycles. The summed E-state index contributed by atoms with van der Waals surface area (Å²) in [4.78, 5) is 34.0. The maximum absolute atomic E-state index is 12.2. The summed E-state index contributed by atoms with van der Waals surface area (Å²) in [6, 6.07) is 15.8. The molecule has 0 saturated heterocycles. The fourth-order valence-electron chi connectivity index (χ4n) is 6.17. The number of carbonyl (C=O) groups excluding carboxylic acids is 1. The fraction of sp³-hybridized carbons (Fsp3) is 0.293. The Bertz CT molecular complexity index is 2410. The Morgan fingerprint density at radius 3 is 1.73 bits per heavy atom. The van der Waals surface area contributed by atoms with E-state index in [0.29, 0.717) is 42.4 Å². The third-order valence-corrected chi connectivity index (χ3v) is 9.39. The summed E-state index contributed by atoms with van der Waals surface area (Å²) in [7, 11) is 3.52. The third kappa shape index (κ3) is 8.87. The van der Waals surface area contributed by atoms with Crippen molar-refractivity contribution in [2.45, 2.75) is 39.5 Å². The Labute approximate surface area is 320 Å². The topological polar surface area (TPSA) is 163 Å². The van der Waals surface area contributed by atoms with Crippen LogP contribution in [0.25, 0.3) is 33.2 Å². The van der Waals surface area contributed by atoms with E-state index in [-0.39, 0.29) is 6.03 Å². The number of aromatic nitrogens is 8. The van der Waals surface area contributed by atoms with Crippen LogP contribution >= 0.6 is 0 Å². The van der Waals surface area contributed by atoms with Crippen molar-refractivity contribution < 1.29 is 4.79 Å². The average Bonchev–Trinajstić information content (AvgIpc) is 3.92. The lowest BCUT2D eigenvalue weighted by Gasteiger charge is -2.21. The van der Waals surface area contributed by atoms with Gasteiger partial charge in [0.05, 0.1) is 34.5 Å². The van der Waals surface area contributed by atoms with Crippen LogP contribution in [0, 0.1) is 0 Å². The number of nitrogens with zero attached hydrogens (tertiary/aromatic N) is 10. The summed E-state index contributed by atoms with van der Waals surface area (Å²) in [5.74, 6) is 3.55. The van der Waals surface area contributed by atoms with E-state index in [2.05, 4.69) is 97.2 Å². The molecule has 2 aliphatic rings. The molecule has 0 fully saturated rings. The van der Waals surface area contributed by atoms with E-state index in [1.807, 2.05) is 54.9 Å². The molecule has 3 N–H and O–H groups in total. The van der Waals surface area contributed by atoms with E-state index >= 15 is 0 Å². The van der Waals surface area contributed by atoms with Gasteiger partial charge in [0, 0.05) is 52.7 Å². The highest BCUT2D eigenvalue weighted by Crippen LogP contribution is 2.26. The quantitative estimate of drug-likeness (QED) is 0.148. The van der Waals surface area contributed by atoms with Gasteiger partial charge in [0.1, 0.15) is 11.6 Å². The second-order valence-electron chi connectivity index (χ2n) is 14.4. The number of amides is 2. The van der Waals surface area contributed by atoms with Gasteiger partial charge in [-0.1, -0.05) is 39.8 Å². The van der Waals surface area contributed by atoms with Crippen LogP contribution < -0.4 is 16.0 Å². The van der Waals surface area contributed by atoms with Gasteiger partial charge in [-0.2, -0.15) is 10.2 Å². The average molecular weight is 736 g/mol. The smallest absolute Gasteiger partial charge is 0.320 e. The minimum Gasteiger partial charge on any atom is -0.331 e. The van der Waals surface area contributed by atoms with Crippen LogP contribution in [0.1, 0.15) is 61.8 Å². The predicted octanol–water partition coefficient (Wildman–Crippen LogP) is 6.94. The minimum atomic E-state index is 0.00403. The number of hydrogen-bond acceptors (Lipinski definition) is 12. The highest BCUT2D eigenvalue weighted by Gasteiger charge is 2.22. The van der Waals surface area contributed by atoms with Crippen molar-refractivity contribution in [3.63, 3.8) is 0 Å². The highest BCUT2D eigenvalue weighted by atomic mass is 16.2. The number of fused-ring (bicyclic) bond motifs is 2. The fourth-order valence-corrected chi connectivity index (χ4v) is 6.17. The van der Waals surface area contributed by atoms with Crippen LogP contribution in [-0.2, 0) is 0 Å². The van der Waals surface area contributed by atoms with E-state index in [0.717, 1.165) is 68.8 Å². The molecular formula is C41H45N13O. The number of anilines is 4. The van der Waals surface area contributed by atoms with E-state index < -0.39 is 0 Å². The molecule has 14 nitrogen and oxygen atoms in total. The highest BCUT2D eigenvalue weighted by molar-refractivity contribution is 5.85. The lowest BCUT2D eigenvalue weighted by Crippen LogP contribution is -2.37. The van der Waals surface area contributed by atoms with Crippen molar-refractivity contribution >= 4 is 62.5 Å². The molecule has 2 aliphatic heterocycles. The molecule has 0 spiro atoms. The standard InChI is InChI=1S/C22H25N7O.C19H20N6/c1-14(2)16-10-21(27-24-12-16)26-20-6-5-18-19(25-20)9-17(11-23-18)15-7-8-29(13-15)22(30)28(3)4;1-12(2)14-8-19(25-22-11-14)24-18-4-3-16-17(23-18)7-15(10-21-16)13-5-6-20-9-13/h5-7,9-12,14H,8,13H2,1-4H3,(H,25,26,27);3-5,7-8,10-12,20H,6,9H2,1-2H3,(H,23,24,25). The first kappa shape index (κ1) is 36.9. The van der Waals surface area contributed by atoms with Crippen molar-refractivity contribution in [2.24, 2.45) is 0 Å². The van der Waals surface area contributed by atoms with E-state index in [1.54, 1.807) is 36.3 Å². The first-order chi connectivity index (χ1) is 26.6. The molecule has 14 heteroatoms. The van der Waals surface area contributed by atoms with E-state index in [9.17, 15) is 4.79 Å². The molecule has 0 aliphatic carbocycles. The molecule has 6 aromatic rings. The summed E-state index contributed by atoms with van der Waals surface area (Å²) < 4.78 is 0. The van der Waals surface area contributed by atoms with Crippen LogP contribution in [0.5, 0.6) is 0 Å². The van der Waals surface area contributed by atoms with Gasteiger partial charge in [-0.15, -0.1) is 10.2 Å². The Morgan fingerprint density at radius 1 is 0.691 bits per heavy atom. The van der Waals surface area contributed by atoms with Crippen LogP contribution in [0.3, 0.4) is 0 Å². The normalized spacial score (nSPS) is 13.9. The zero-order valence-corrected chi connectivity index (χ0v) is 31.9. The largest absolute Gasteiger partial charge is 0.331 e. The number of urea groups is 1. The van der Waals surface area contributed by atoms with Crippen molar-refractivity contribution in [2.75, 3.05) is 50.9 Å². The second kappa shape index (κ2) is 16.3. The maximum atomic E-state index is 12.2. The van der Waals surface area contributed by atoms with E-state index in [1.165, 1.54) is 5.57 Å². The molecule has 2 amide bonds. The first-order valence-corrected chi connectivity index (χ1v) is 18.4. The lowest BCUT2D eigenvalue weighted by molar-refractivity contribution is 0.184. The van der Waals surface area contributed by atoms with Crippen LogP contribution in [-0.4, -0.2) is 96.4 Å². The van der Waals surface area contributed by atoms with Gasteiger partial charge in [-0.25, -0.2) is 14.8 Å². The molecule has 8 heterocycles. The van der Waals surface area contributed by atoms with Gasteiger partial charge in [-0.05, 0) is 93.8 Å². The van der Waals surface area contributed by atoms with Gasteiger partial charge in [0.15, 0.2) is 11.6 Å². The number of rotatable bonds is 8. The molecular weight excluding hydrogens is 691 g/mol. The van der Waals surface area contributed by atoms with E-state index in [4.69, 9.17) is 4.98 Å². The molecule has 0 aromatic carbocycles. The Morgan fingerprint density at radius 2 is 1.24 bits per heavy atom. The molecule has 8 rings (SSSR count). The van der Waals surface area contributed by atoms with Crippen molar-refractivity contribution in [3.05, 3.63) is 108 Å². The molecule has 0 unspecified atom stereocenters. The van der Waals surface area contributed by atoms with Crippen molar-refractivity contribution in [3.8, 4) is 0 Å². The summed E-state index contributed by atoms with van der Waals surface area (Å²) in [5.41, 5.74) is 10.0. The Hall–Kier alpha value is -6.41. The zero-order valence-electron chi connectivity index (χ0n) is 31.9. The van der Waals surface area contributed by atoms with Gasteiger partial charge in [-0.3, -0.25) is 9.97 Å². The van der Waals surface area contributed by atoms with Gasteiger partial charge in [0.25, 0.3) is 0 Å². The van der Waals surface area contributed by atoms with Gasteiger partial charge in [0.2, 0.25) is 0 Å². The van der Waals surface area contributed by atoms with Crippen LogP contribution in [0.4, 0.5) is 28.1 Å². The zero-order chi connectivity index (χ0) is 38.5. The SMILES string of the molecule is CC(C)c1cnnc(Nc2ccc3ncc(C4=CCN(C(=O)N(C)C)C4)cc3n2)c1.CC(C)c1cnnc(Nc2ccc3ncc(C4=CCNC4)cc3n2)c1. The number of carbonyl (C=O) groups is 1. The van der Waals surface area contributed by atoms with Gasteiger partial charge < -0.3 is 25.8 Å². The first-order valence-electron chi connectivity index (χ1n) is 18.4. The number of hydrogen-bond donors (Lipinski definition) is 3. The second-order valence-corrected chi connectivity index (χ2v) is 14.4. The Balaban J connectivity index is 0.000000172. The van der Waals surface area contributed by atoms with Crippen LogP contribution in [0.2, 0.25) is 0 Å². The van der Waals surface area contributed by atoms with Crippen molar-refractivity contribution in [1.82, 2.24) is 55.4 Å². The molecule has 280 valence electrons. The van der Waals surface area contributed by atoms with Crippen LogP contribution in [0.15, 0.2) is 85.5 Å². The summed E-state index contributed by atoms with van der Waals surface area (Å²) in [6.45, 7) is 11.5. The predicted molar refractivity (Wildman–Crippen MR) is 217 cm³/mol. The summed E-state index contributed by atoms with van der Waals surface area (Å²) in [5, 5.41) is 26.2. The Kier molecular flexibility index (Phi) is 10.9. The van der Waals surface area contributed by atoms with Gasteiger partial charge >= 0.3 is 6.03 Å². The van der Waals surface area contributed by atoms with Crippen molar-refractivity contribution in [1.29, 1.82) is 0 Å². The summed E-state index contributed by atoms with van der Waals surface area (Å²) in [6.07, 6.45) is 11.6. The molecule has 55 heavy (non-hydrogen) atoms. The number of pyridine rings is 4. The maximum Gasteiger partial charge on any atom is 0.320 e.